The lowest BCUT2D eigenvalue weighted by Gasteiger charge is -2.28. The maximum Gasteiger partial charge on any atom is 0.340 e. The number of carbonyl (C=O) groups excluding carboxylic acids is 2. The van der Waals surface area contributed by atoms with E-state index in [-0.39, 0.29) is 18.2 Å². The van der Waals surface area contributed by atoms with Crippen molar-refractivity contribution in [2.75, 3.05) is 0 Å². The summed E-state index contributed by atoms with van der Waals surface area (Å²) in [7, 11) is 0. The molecule has 0 radical (unpaired) electrons. The topological polar surface area (TPSA) is 52.6 Å². The van der Waals surface area contributed by atoms with Crippen molar-refractivity contribution in [2.24, 2.45) is 0 Å². The van der Waals surface area contributed by atoms with Gasteiger partial charge in [-0.2, -0.15) is 0 Å². The zero-order chi connectivity index (χ0) is 25.2. The largest absolute Gasteiger partial charge is 0.460 e. The Morgan fingerprint density at radius 1 is 0.886 bits per heavy atom. The van der Waals surface area contributed by atoms with Gasteiger partial charge in [0.15, 0.2) is 6.17 Å². The van der Waals surface area contributed by atoms with Gasteiger partial charge in [-0.1, -0.05) is 62.6 Å². The highest BCUT2D eigenvalue weighted by Gasteiger charge is 2.26. The molecule has 1 saturated carbocycles. The third kappa shape index (κ3) is 8.19. The number of esters is 2. The van der Waals surface area contributed by atoms with Crippen LogP contribution in [0.25, 0.3) is 11.1 Å². The normalized spacial score (nSPS) is 19.5. The minimum absolute atomic E-state index is 0.0686. The molecular formula is C30H39FO4. The summed E-state index contributed by atoms with van der Waals surface area (Å²) in [5, 5.41) is 0. The Labute approximate surface area is 209 Å². The summed E-state index contributed by atoms with van der Waals surface area (Å²) in [4.78, 5) is 23.9. The Kier molecular flexibility index (Phi) is 10.3. The lowest BCUT2D eigenvalue weighted by atomic mass is 9.82. The molecule has 2 aromatic carbocycles. The van der Waals surface area contributed by atoms with Gasteiger partial charge in [0.2, 0.25) is 0 Å². The number of hydrogen-bond acceptors (Lipinski definition) is 4. The predicted octanol–water partition coefficient (Wildman–Crippen LogP) is 7.80. The first-order chi connectivity index (χ1) is 16.9. The van der Waals surface area contributed by atoms with Gasteiger partial charge in [0.25, 0.3) is 0 Å². The molecule has 35 heavy (non-hydrogen) atoms. The van der Waals surface area contributed by atoms with Gasteiger partial charge in [0.05, 0.1) is 11.7 Å². The number of unbranched alkanes of at least 4 members (excludes halogenated alkanes) is 3. The van der Waals surface area contributed by atoms with Crippen LogP contribution in [0.5, 0.6) is 0 Å². The molecule has 0 N–H and O–H groups in total. The molecule has 190 valence electrons. The van der Waals surface area contributed by atoms with Crippen LogP contribution >= 0.6 is 0 Å². The SMILES string of the molecule is CCCCCC[C@@H](C)OC(=O)c1ccc(-c2ccc([C@H]3CC[C@H](OC(=O)[C@H](C)F)CC3)cc2)cc1. The van der Waals surface area contributed by atoms with E-state index in [1.54, 1.807) is 0 Å². The molecule has 0 unspecified atom stereocenters. The van der Waals surface area contributed by atoms with E-state index >= 15 is 0 Å². The fourth-order valence-corrected chi connectivity index (χ4v) is 4.69. The molecule has 0 aliphatic heterocycles. The van der Waals surface area contributed by atoms with E-state index in [1.807, 2.05) is 31.2 Å². The standard InChI is InChI=1S/C30H39FO4/c1-4-5-6-7-8-21(2)34-30(33)27-15-13-25(14-16-27)23-9-11-24(12-10-23)26-17-19-28(20-18-26)35-29(32)22(3)31/h9-16,21-22,26,28H,4-8,17-20H2,1-3H3/t21-,22+,26-,28-/m1/s1. The van der Waals surface area contributed by atoms with Crippen LogP contribution in [0.15, 0.2) is 48.5 Å². The van der Waals surface area contributed by atoms with Crippen LogP contribution in [0.4, 0.5) is 4.39 Å². The average molecular weight is 483 g/mol. The molecule has 2 aromatic rings. The number of halogens is 1. The van der Waals surface area contributed by atoms with Crippen molar-refractivity contribution in [1.82, 2.24) is 0 Å². The van der Waals surface area contributed by atoms with E-state index in [1.165, 1.54) is 31.7 Å². The van der Waals surface area contributed by atoms with Gasteiger partial charge in [-0.05, 0) is 87.1 Å². The molecule has 0 saturated heterocycles. The third-order valence-electron chi connectivity index (χ3n) is 6.89. The number of alkyl halides is 1. The lowest BCUT2D eigenvalue weighted by Crippen LogP contribution is -2.27. The molecule has 3 rings (SSSR count). The smallest absolute Gasteiger partial charge is 0.340 e. The van der Waals surface area contributed by atoms with Crippen LogP contribution in [-0.4, -0.2) is 30.3 Å². The maximum atomic E-state index is 13.0. The molecular weight excluding hydrogens is 443 g/mol. The van der Waals surface area contributed by atoms with Crippen LogP contribution in [0.2, 0.25) is 0 Å². The first kappa shape index (κ1) is 26.9. The Morgan fingerprint density at radius 3 is 2.06 bits per heavy atom. The van der Waals surface area contributed by atoms with Crippen molar-refractivity contribution in [1.29, 1.82) is 0 Å². The molecule has 4 nitrogen and oxygen atoms in total. The highest BCUT2D eigenvalue weighted by Crippen LogP contribution is 2.35. The minimum Gasteiger partial charge on any atom is -0.460 e. The highest BCUT2D eigenvalue weighted by molar-refractivity contribution is 5.90. The Balaban J connectivity index is 1.50. The average Bonchev–Trinajstić information content (AvgIpc) is 2.87. The number of benzene rings is 2. The van der Waals surface area contributed by atoms with Gasteiger partial charge in [-0.3, -0.25) is 0 Å². The Hall–Kier alpha value is -2.69. The van der Waals surface area contributed by atoms with E-state index in [4.69, 9.17) is 9.47 Å². The van der Waals surface area contributed by atoms with Gasteiger partial charge < -0.3 is 9.47 Å². The second-order valence-electron chi connectivity index (χ2n) is 9.79. The zero-order valence-electron chi connectivity index (χ0n) is 21.3. The van der Waals surface area contributed by atoms with Crippen LogP contribution in [0, 0.1) is 0 Å². The molecule has 0 heterocycles. The van der Waals surface area contributed by atoms with Crippen molar-refractivity contribution >= 4 is 11.9 Å². The van der Waals surface area contributed by atoms with Crippen molar-refractivity contribution in [3.8, 4) is 11.1 Å². The summed E-state index contributed by atoms with van der Waals surface area (Å²) in [6.07, 6.45) is 7.16. The van der Waals surface area contributed by atoms with Crippen molar-refractivity contribution in [3.05, 3.63) is 59.7 Å². The summed E-state index contributed by atoms with van der Waals surface area (Å²) in [6.45, 7) is 5.36. The van der Waals surface area contributed by atoms with Gasteiger partial charge in [-0.15, -0.1) is 0 Å². The van der Waals surface area contributed by atoms with Crippen molar-refractivity contribution in [2.45, 2.75) is 103 Å². The highest BCUT2D eigenvalue weighted by atomic mass is 19.1. The second kappa shape index (κ2) is 13.4. The Morgan fingerprint density at radius 2 is 1.49 bits per heavy atom. The van der Waals surface area contributed by atoms with E-state index in [0.29, 0.717) is 11.5 Å². The summed E-state index contributed by atoms with van der Waals surface area (Å²) < 4.78 is 23.9. The summed E-state index contributed by atoms with van der Waals surface area (Å²) >= 11 is 0. The first-order valence-electron chi connectivity index (χ1n) is 13.1. The number of hydrogen-bond donors (Lipinski definition) is 0. The van der Waals surface area contributed by atoms with Gasteiger partial charge >= 0.3 is 11.9 Å². The Bertz CT molecular complexity index is 928. The summed E-state index contributed by atoms with van der Waals surface area (Å²) in [5.41, 5.74) is 3.99. The lowest BCUT2D eigenvalue weighted by molar-refractivity contribution is -0.156. The fourth-order valence-electron chi connectivity index (χ4n) is 4.69. The number of rotatable bonds is 11. The van der Waals surface area contributed by atoms with Crippen molar-refractivity contribution < 1.29 is 23.5 Å². The molecule has 2 atom stereocenters. The van der Waals surface area contributed by atoms with Gasteiger partial charge in [-0.25, -0.2) is 14.0 Å². The van der Waals surface area contributed by atoms with Gasteiger partial charge in [0.1, 0.15) is 6.10 Å². The van der Waals surface area contributed by atoms with Crippen LogP contribution in [0.3, 0.4) is 0 Å². The molecule has 1 fully saturated rings. The van der Waals surface area contributed by atoms with E-state index < -0.39 is 12.1 Å². The third-order valence-corrected chi connectivity index (χ3v) is 6.89. The van der Waals surface area contributed by atoms with E-state index in [0.717, 1.165) is 49.7 Å². The number of carbonyl (C=O) groups is 2. The maximum absolute atomic E-state index is 13.0. The summed E-state index contributed by atoms with van der Waals surface area (Å²) in [5.74, 6) is -0.603. The van der Waals surface area contributed by atoms with Crippen LogP contribution in [0.1, 0.15) is 100 Å². The summed E-state index contributed by atoms with van der Waals surface area (Å²) in [6, 6.07) is 16.1. The minimum atomic E-state index is -1.57. The molecule has 1 aliphatic rings. The second-order valence-corrected chi connectivity index (χ2v) is 9.79. The number of ether oxygens (including phenoxy) is 2. The first-order valence-corrected chi connectivity index (χ1v) is 13.1. The molecule has 1 aliphatic carbocycles. The quantitative estimate of drug-likeness (QED) is 0.242. The molecule has 0 amide bonds. The molecule has 0 bridgehead atoms. The molecule has 5 heteroatoms. The van der Waals surface area contributed by atoms with E-state index in [2.05, 4.69) is 31.2 Å². The predicted molar refractivity (Wildman–Crippen MR) is 137 cm³/mol. The van der Waals surface area contributed by atoms with Gasteiger partial charge in [0, 0.05) is 0 Å². The van der Waals surface area contributed by atoms with Crippen LogP contribution in [-0.2, 0) is 14.3 Å². The molecule has 0 aromatic heterocycles. The van der Waals surface area contributed by atoms with Crippen LogP contribution < -0.4 is 0 Å². The van der Waals surface area contributed by atoms with Crippen molar-refractivity contribution in [3.63, 3.8) is 0 Å². The monoisotopic (exact) mass is 482 g/mol. The van der Waals surface area contributed by atoms with E-state index in [9.17, 15) is 14.0 Å². The molecule has 0 spiro atoms. The fraction of sp³-hybridized carbons (Fsp3) is 0.533. The zero-order valence-corrected chi connectivity index (χ0v) is 21.3.